The highest BCUT2D eigenvalue weighted by Crippen LogP contribution is 2.54. The second-order valence-electron chi connectivity index (χ2n) is 9.11. The maximum atomic E-state index is 13.0. The Hall–Kier alpha value is -3.70. The Morgan fingerprint density at radius 3 is 2.23 bits per heavy atom. The maximum absolute atomic E-state index is 13.0. The van der Waals surface area contributed by atoms with Gasteiger partial charge in [0, 0.05) is 36.3 Å². The molecule has 2 aliphatic rings. The van der Waals surface area contributed by atoms with Gasteiger partial charge in [0.05, 0.1) is 16.3 Å². The van der Waals surface area contributed by atoms with E-state index < -0.39 is 5.41 Å². The highest BCUT2D eigenvalue weighted by molar-refractivity contribution is 6.32. The molecule has 0 bridgehead atoms. The molecular formula is C26H25ClN4O4. The van der Waals surface area contributed by atoms with Gasteiger partial charge in [-0.3, -0.25) is 19.2 Å². The zero-order valence-electron chi connectivity index (χ0n) is 19.5. The van der Waals surface area contributed by atoms with Crippen molar-refractivity contribution in [3.05, 3.63) is 52.5 Å². The van der Waals surface area contributed by atoms with Crippen LogP contribution in [0.3, 0.4) is 0 Å². The lowest BCUT2D eigenvalue weighted by Gasteiger charge is -2.33. The van der Waals surface area contributed by atoms with Crippen molar-refractivity contribution in [2.45, 2.75) is 39.5 Å². The van der Waals surface area contributed by atoms with Gasteiger partial charge in [-0.15, -0.1) is 0 Å². The van der Waals surface area contributed by atoms with E-state index in [9.17, 15) is 19.2 Å². The van der Waals surface area contributed by atoms with E-state index in [0.29, 0.717) is 47.6 Å². The first-order valence-corrected chi connectivity index (χ1v) is 11.9. The summed E-state index contributed by atoms with van der Waals surface area (Å²) in [7, 11) is 0. The third kappa shape index (κ3) is 4.77. The molecule has 1 heterocycles. The van der Waals surface area contributed by atoms with E-state index in [-0.39, 0.29) is 47.3 Å². The lowest BCUT2D eigenvalue weighted by atomic mass is 9.87. The molecule has 0 saturated heterocycles. The molecule has 0 aromatic heterocycles. The van der Waals surface area contributed by atoms with Crippen LogP contribution in [-0.2, 0) is 14.4 Å². The summed E-state index contributed by atoms with van der Waals surface area (Å²) in [6.07, 6.45) is 1.34. The van der Waals surface area contributed by atoms with Crippen molar-refractivity contribution >= 4 is 52.2 Å². The van der Waals surface area contributed by atoms with Crippen molar-refractivity contribution < 1.29 is 19.2 Å². The number of rotatable bonds is 7. The summed E-state index contributed by atoms with van der Waals surface area (Å²) >= 11 is 5.99. The van der Waals surface area contributed by atoms with Crippen LogP contribution >= 0.6 is 11.6 Å². The fourth-order valence-corrected chi connectivity index (χ4v) is 4.67. The number of benzene rings is 2. The van der Waals surface area contributed by atoms with Crippen molar-refractivity contribution in [3.63, 3.8) is 0 Å². The molecule has 0 radical (unpaired) electrons. The van der Waals surface area contributed by atoms with Gasteiger partial charge < -0.3 is 15.5 Å². The molecule has 1 saturated carbocycles. The quantitative estimate of drug-likeness (QED) is 0.550. The van der Waals surface area contributed by atoms with Gasteiger partial charge in [-0.1, -0.05) is 18.5 Å². The first-order chi connectivity index (χ1) is 16.7. The Bertz CT molecular complexity index is 1280. The van der Waals surface area contributed by atoms with Crippen LogP contribution in [0.5, 0.6) is 0 Å². The summed E-state index contributed by atoms with van der Waals surface area (Å²) in [6.45, 7) is 4.14. The molecule has 9 heteroatoms. The monoisotopic (exact) mass is 492 g/mol. The highest BCUT2D eigenvalue weighted by Gasteiger charge is 2.60. The SMILES string of the molecule is CCN1C(=O)C2(CC2)C(=O)c2cc(NC(=O)CC(C)CC(=O)Nc3ccc(C#N)c(Cl)c3)ccc21. The molecule has 1 aliphatic carbocycles. The number of carbonyl (C=O) groups is 4. The number of anilines is 3. The van der Waals surface area contributed by atoms with Crippen LogP contribution < -0.4 is 15.5 Å². The fourth-order valence-electron chi connectivity index (χ4n) is 4.45. The minimum absolute atomic E-state index is 0.107. The topological polar surface area (TPSA) is 119 Å². The number of nitrogens with zero attached hydrogens (tertiary/aromatic N) is 2. The summed E-state index contributed by atoms with van der Waals surface area (Å²) in [4.78, 5) is 52.3. The van der Waals surface area contributed by atoms with Crippen molar-refractivity contribution in [2.75, 3.05) is 22.1 Å². The van der Waals surface area contributed by atoms with E-state index in [1.54, 1.807) is 36.1 Å². The molecule has 8 nitrogen and oxygen atoms in total. The molecule has 4 rings (SSSR count). The third-order valence-electron chi connectivity index (χ3n) is 6.41. The van der Waals surface area contributed by atoms with Crippen LogP contribution in [0, 0.1) is 22.7 Å². The molecule has 35 heavy (non-hydrogen) atoms. The summed E-state index contributed by atoms with van der Waals surface area (Å²) in [5.41, 5.74) is 1.38. The zero-order valence-corrected chi connectivity index (χ0v) is 20.2. The average molecular weight is 493 g/mol. The summed E-state index contributed by atoms with van der Waals surface area (Å²) < 4.78 is 0. The van der Waals surface area contributed by atoms with Crippen LogP contribution in [0.1, 0.15) is 55.5 Å². The van der Waals surface area contributed by atoms with Crippen molar-refractivity contribution in [3.8, 4) is 6.07 Å². The molecular weight excluding hydrogens is 468 g/mol. The van der Waals surface area contributed by atoms with Gasteiger partial charge in [0.25, 0.3) is 0 Å². The fraction of sp³-hybridized carbons (Fsp3) is 0.346. The van der Waals surface area contributed by atoms with Crippen LogP contribution in [0.4, 0.5) is 17.1 Å². The number of hydrogen-bond donors (Lipinski definition) is 2. The molecule has 2 N–H and O–H groups in total. The number of halogens is 1. The van der Waals surface area contributed by atoms with E-state index in [2.05, 4.69) is 10.6 Å². The summed E-state index contributed by atoms with van der Waals surface area (Å²) in [5, 5.41) is 14.7. The predicted molar refractivity (Wildman–Crippen MR) is 132 cm³/mol. The zero-order chi connectivity index (χ0) is 25.3. The Balaban J connectivity index is 1.36. The van der Waals surface area contributed by atoms with Crippen molar-refractivity contribution in [1.82, 2.24) is 0 Å². The smallest absolute Gasteiger partial charge is 0.241 e. The lowest BCUT2D eigenvalue weighted by molar-refractivity contribution is -0.122. The Kier molecular flexibility index (Phi) is 6.64. The summed E-state index contributed by atoms with van der Waals surface area (Å²) in [6, 6.07) is 11.6. The lowest BCUT2D eigenvalue weighted by Crippen LogP contribution is -2.46. The first kappa shape index (κ1) is 24.4. The van der Waals surface area contributed by atoms with E-state index >= 15 is 0 Å². The van der Waals surface area contributed by atoms with Gasteiger partial charge >= 0.3 is 0 Å². The van der Waals surface area contributed by atoms with Crippen LogP contribution in [0.15, 0.2) is 36.4 Å². The average Bonchev–Trinajstić information content (AvgIpc) is 3.60. The molecule has 180 valence electrons. The number of hydrogen-bond acceptors (Lipinski definition) is 5. The summed E-state index contributed by atoms with van der Waals surface area (Å²) in [5.74, 6) is -1.11. The molecule has 2 aromatic carbocycles. The highest BCUT2D eigenvalue weighted by atomic mass is 35.5. The Morgan fingerprint density at radius 2 is 1.69 bits per heavy atom. The van der Waals surface area contributed by atoms with E-state index in [0.717, 1.165) is 0 Å². The van der Waals surface area contributed by atoms with Gasteiger partial charge in [0.1, 0.15) is 11.5 Å². The molecule has 3 amide bonds. The maximum Gasteiger partial charge on any atom is 0.241 e. The number of nitriles is 1. The largest absolute Gasteiger partial charge is 0.326 e. The molecule has 1 fully saturated rings. The van der Waals surface area contributed by atoms with Crippen molar-refractivity contribution in [2.24, 2.45) is 11.3 Å². The number of nitrogens with one attached hydrogen (secondary N) is 2. The Labute approximate surface area is 208 Å². The van der Waals surface area contributed by atoms with Crippen LogP contribution in [-0.4, -0.2) is 30.0 Å². The predicted octanol–water partition coefficient (Wildman–Crippen LogP) is 4.53. The number of amides is 3. The van der Waals surface area contributed by atoms with Crippen LogP contribution in [0.2, 0.25) is 5.02 Å². The number of carbonyl (C=O) groups excluding carboxylic acids is 4. The molecule has 1 atom stereocenters. The van der Waals surface area contributed by atoms with Crippen molar-refractivity contribution in [1.29, 1.82) is 5.26 Å². The number of ketones is 1. The van der Waals surface area contributed by atoms with Gasteiger partial charge in [-0.05, 0) is 62.1 Å². The van der Waals surface area contributed by atoms with E-state index in [1.807, 2.05) is 13.0 Å². The minimum atomic E-state index is -0.924. The number of fused-ring (bicyclic) bond motifs is 1. The molecule has 1 aliphatic heterocycles. The second-order valence-corrected chi connectivity index (χ2v) is 9.52. The minimum Gasteiger partial charge on any atom is -0.326 e. The van der Waals surface area contributed by atoms with E-state index in [4.69, 9.17) is 16.9 Å². The Morgan fingerprint density at radius 1 is 1.09 bits per heavy atom. The van der Waals surface area contributed by atoms with Crippen LogP contribution in [0.25, 0.3) is 0 Å². The molecule has 1 spiro atoms. The third-order valence-corrected chi connectivity index (χ3v) is 6.72. The first-order valence-electron chi connectivity index (χ1n) is 11.5. The second kappa shape index (κ2) is 9.51. The van der Waals surface area contributed by atoms with Gasteiger partial charge in [0.15, 0.2) is 5.78 Å². The standard InChI is InChI=1S/C26H25ClN4O4/c1-3-31-21-7-6-17(12-19(21)24(34)26(8-9-26)25(31)35)29-22(32)10-15(2)11-23(33)30-18-5-4-16(14-28)20(27)13-18/h4-7,12-13,15H,3,8-11H2,1-2H3,(H,29,32)(H,30,33). The van der Waals surface area contributed by atoms with Gasteiger partial charge in [-0.25, -0.2) is 0 Å². The van der Waals surface area contributed by atoms with E-state index in [1.165, 1.54) is 12.1 Å². The number of Topliss-reactive ketones (excluding diaryl/α,β-unsaturated/α-hetero) is 1. The van der Waals surface area contributed by atoms with Gasteiger partial charge in [0.2, 0.25) is 17.7 Å². The molecule has 2 aromatic rings. The van der Waals surface area contributed by atoms with Gasteiger partial charge in [-0.2, -0.15) is 5.26 Å². The molecule has 1 unspecified atom stereocenters. The normalized spacial score (nSPS) is 16.3.